The smallest absolute Gasteiger partial charge is 0.229 e. The van der Waals surface area contributed by atoms with Crippen LogP contribution < -0.4 is 11.1 Å². The number of fused-ring (bicyclic) bond motifs is 2. The summed E-state index contributed by atoms with van der Waals surface area (Å²) in [7, 11) is 0. The Morgan fingerprint density at radius 3 is 2.52 bits per heavy atom. The van der Waals surface area contributed by atoms with Crippen molar-refractivity contribution in [3.8, 4) is 0 Å². The predicted octanol–water partition coefficient (Wildman–Crippen LogP) is 2.39. The number of nitrogens with zero attached hydrogens (tertiary/aromatic N) is 1. The zero-order valence-corrected chi connectivity index (χ0v) is 15.0. The Morgan fingerprint density at radius 1 is 1.20 bits per heavy atom. The van der Waals surface area contributed by atoms with Gasteiger partial charge in [0.15, 0.2) is 0 Å². The van der Waals surface area contributed by atoms with Crippen molar-refractivity contribution >= 4 is 11.6 Å². The van der Waals surface area contributed by atoms with E-state index in [1.165, 1.54) is 12.0 Å². The Morgan fingerprint density at radius 2 is 1.88 bits per heavy atom. The van der Waals surface area contributed by atoms with Crippen molar-refractivity contribution < 1.29 is 9.53 Å². The van der Waals surface area contributed by atoms with Crippen LogP contribution >= 0.6 is 0 Å². The van der Waals surface area contributed by atoms with Crippen molar-refractivity contribution in [1.82, 2.24) is 4.90 Å². The van der Waals surface area contributed by atoms with Gasteiger partial charge in [0.1, 0.15) is 0 Å². The number of hydrogen-bond acceptors (Lipinski definition) is 4. The van der Waals surface area contributed by atoms with Crippen molar-refractivity contribution in [2.45, 2.75) is 38.3 Å². The first-order valence-corrected chi connectivity index (χ1v) is 9.61. The van der Waals surface area contributed by atoms with E-state index in [9.17, 15) is 4.79 Å². The average molecular weight is 343 g/mol. The number of ether oxygens (including phenoxy) is 1. The fourth-order valence-electron chi connectivity index (χ4n) is 4.97. The van der Waals surface area contributed by atoms with Crippen LogP contribution in [0.15, 0.2) is 24.3 Å². The molecule has 1 aromatic carbocycles. The van der Waals surface area contributed by atoms with Crippen LogP contribution in [-0.2, 0) is 9.53 Å². The van der Waals surface area contributed by atoms with Gasteiger partial charge >= 0.3 is 0 Å². The molecular weight excluding hydrogens is 314 g/mol. The van der Waals surface area contributed by atoms with E-state index in [1.54, 1.807) is 0 Å². The highest BCUT2D eigenvalue weighted by molar-refractivity contribution is 5.93. The summed E-state index contributed by atoms with van der Waals surface area (Å²) in [4.78, 5) is 15.1. The van der Waals surface area contributed by atoms with Crippen molar-refractivity contribution in [3.05, 3.63) is 29.8 Å². The fourth-order valence-corrected chi connectivity index (χ4v) is 4.97. The number of morpholine rings is 1. The molecule has 5 nitrogen and oxygen atoms in total. The van der Waals surface area contributed by atoms with Crippen LogP contribution in [0.3, 0.4) is 0 Å². The highest BCUT2D eigenvalue weighted by Crippen LogP contribution is 2.47. The van der Waals surface area contributed by atoms with Crippen molar-refractivity contribution in [2.75, 3.05) is 31.6 Å². The molecule has 1 heterocycles. The number of carbonyl (C=O) groups excluding carboxylic acids is 1. The molecule has 4 rings (SSSR count). The first kappa shape index (κ1) is 17.0. The second-order valence-corrected chi connectivity index (χ2v) is 7.87. The number of benzene rings is 1. The third-order valence-electron chi connectivity index (χ3n) is 6.54. The summed E-state index contributed by atoms with van der Waals surface area (Å²) < 4.78 is 5.43. The Labute approximate surface area is 149 Å². The van der Waals surface area contributed by atoms with Gasteiger partial charge in [0.25, 0.3) is 0 Å². The van der Waals surface area contributed by atoms with Crippen LogP contribution in [0, 0.1) is 17.8 Å². The molecule has 0 radical (unpaired) electrons. The minimum absolute atomic E-state index is 0.00861. The topological polar surface area (TPSA) is 67.6 Å². The number of nitrogens with one attached hydrogen (secondary N) is 1. The maximum absolute atomic E-state index is 12.7. The number of carbonyl (C=O) groups is 1. The maximum atomic E-state index is 12.7. The molecule has 1 aromatic rings. The molecule has 136 valence electrons. The molecule has 1 amide bonds. The molecule has 1 aliphatic heterocycles. The maximum Gasteiger partial charge on any atom is 0.229 e. The molecule has 1 saturated heterocycles. The summed E-state index contributed by atoms with van der Waals surface area (Å²) in [5.41, 5.74) is 8.44. The Balaban J connectivity index is 1.38. The van der Waals surface area contributed by atoms with Gasteiger partial charge in [-0.05, 0) is 55.7 Å². The summed E-state index contributed by atoms with van der Waals surface area (Å²) in [6.07, 6.45) is 3.49. The molecule has 2 aliphatic carbocycles. The lowest BCUT2D eigenvalue weighted by atomic mass is 9.84. The number of hydrogen-bond donors (Lipinski definition) is 2. The number of nitrogens with two attached hydrogens (primary N) is 1. The minimum Gasteiger partial charge on any atom is -0.379 e. The summed E-state index contributed by atoms with van der Waals surface area (Å²) in [5.74, 6) is 1.14. The van der Waals surface area contributed by atoms with E-state index in [0.29, 0.717) is 17.9 Å². The van der Waals surface area contributed by atoms with Gasteiger partial charge in [-0.1, -0.05) is 12.1 Å². The van der Waals surface area contributed by atoms with Gasteiger partial charge in [0.05, 0.1) is 19.1 Å². The van der Waals surface area contributed by atoms with E-state index in [1.807, 2.05) is 12.1 Å². The quantitative estimate of drug-likeness (QED) is 0.881. The largest absolute Gasteiger partial charge is 0.379 e. The predicted molar refractivity (Wildman–Crippen MR) is 98.2 cm³/mol. The SMILES string of the molecule is CC(c1ccc(NC(=O)C2C3CCC(C3)C2N)cc1)N1CCOCC1. The first-order chi connectivity index (χ1) is 12.1. The summed E-state index contributed by atoms with van der Waals surface area (Å²) in [6, 6.07) is 8.69. The van der Waals surface area contributed by atoms with Crippen molar-refractivity contribution in [3.63, 3.8) is 0 Å². The number of rotatable bonds is 4. The molecule has 5 unspecified atom stereocenters. The third kappa shape index (κ3) is 3.33. The zero-order valence-electron chi connectivity index (χ0n) is 15.0. The molecule has 3 aliphatic rings. The highest BCUT2D eigenvalue weighted by Gasteiger charge is 2.49. The van der Waals surface area contributed by atoms with E-state index < -0.39 is 0 Å². The summed E-state index contributed by atoms with van der Waals surface area (Å²) >= 11 is 0. The lowest BCUT2D eigenvalue weighted by Gasteiger charge is -2.32. The normalized spacial score (nSPS) is 33.4. The van der Waals surface area contributed by atoms with Crippen molar-refractivity contribution in [1.29, 1.82) is 0 Å². The van der Waals surface area contributed by atoms with Gasteiger partial charge < -0.3 is 15.8 Å². The van der Waals surface area contributed by atoms with Crippen molar-refractivity contribution in [2.24, 2.45) is 23.5 Å². The molecule has 5 heteroatoms. The van der Waals surface area contributed by atoms with Gasteiger partial charge in [-0.25, -0.2) is 0 Å². The molecule has 25 heavy (non-hydrogen) atoms. The lowest BCUT2D eigenvalue weighted by Crippen LogP contribution is -2.42. The second-order valence-electron chi connectivity index (χ2n) is 7.87. The molecule has 2 saturated carbocycles. The van der Waals surface area contributed by atoms with E-state index in [-0.39, 0.29) is 17.9 Å². The Hall–Kier alpha value is -1.43. The fraction of sp³-hybridized carbons (Fsp3) is 0.650. The van der Waals surface area contributed by atoms with Crippen LogP contribution in [0.5, 0.6) is 0 Å². The van der Waals surface area contributed by atoms with Crippen LogP contribution in [-0.4, -0.2) is 43.2 Å². The van der Waals surface area contributed by atoms with Gasteiger partial charge in [0.2, 0.25) is 5.91 Å². The molecule has 0 spiro atoms. The van der Waals surface area contributed by atoms with E-state index >= 15 is 0 Å². The molecular formula is C20H29N3O2. The molecule has 3 fully saturated rings. The van der Waals surface area contributed by atoms with Gasteiger partial charge in [-0.15, -0.1) is 0 Å². The molecule has 3 N–H and O–H groups in total. The second kappa shape index (κ2) is 7.06. The van der Waals surface area contributed by atoms with Crippen LogP contribution in [0.2, 0.25) is 0 Å². The number of anilines is 1. The van der Waals surface area contributed by atoms with Gasteiger partial charge in [-0.2, -0.15) is 0 Å². The van der Waals surface area contributed by atoms with Crippen LogP contribution in [0.1, 0.15) is 37.8 Å². The third-order valence-corrected chi connectivity index (χ3v) is 6.54. The van der Waals surface area contributed by atoms with E-state index in [0.717, 1.165) is 44.8 Å². The molecule has 5 atom stereocenters. The standard InChI is InChI=1S/C20H29N3O2/c1-13(23-8-10-25-11-9-23)14-4-6-17(7-5-14)22-20(24)18-15-2-3-16(12-15)19(18)21/h4-7,13,15-16,18-19H,2-3,8-12,21H2,1H3,(H,22,24). The molecule has 2 bridgehead atoms. The minimum atomic E-state index is -0.00861. The summed E-state index contributed by atoms with van der Waals surface area (Å²) in [5, 5.41) is 3.09. The average Bonchev–Trinajstić information content (AvgIpc) is 3.23. The van der Waals surface area contributed by atoms with Gasteiger partial charge in [-0.3, -0.25) is 9.69 Å². The first-order valence-electron chi connectivity index (χ1n) is 9.61. The van der Waals surface area contributed by atoms with Gasteiger partial charge in [0, 0.05) is 30.9 Å². The Kier molecular flexibility index (Phi) is 4.80. The van der Waals surface area contributed by atoms with Crippen LogP contribution in [0.4, 0.5) is 5.69 Å². The van der Waals surface area contributed by atoms with Crippen LogP contribution in [0.25, 0.3) is 0 Å². The lowest BCUT2D eigenvalue weighted by molar-refractivity contribution is -0.121. The van der Waals surface area contributed by atoms with E-state index in [4.69, 9.17) is 10.5 Å². The monoisotopic (exact) mass is 343 g/mol. The summed E-state index contributed by atoms with van der Waals surface area (Å²) in [6.45, 7) is 5.79. The number of amides is 1. The van der Waals surface area contributed by atoms with E-state index in [2.05, 4.69) is 29.3 Å². The zero-order chi connectivity index (χ0) is 17.4. The highest BCUT2D eigenvalue weighted by atomic mass is 16.5. The Bertz CT molecular complexity index is 610. The molecule has 0 aromatic heterocycles.